The molecular weight excluding hydrogens is 408 g/mol. The highest BCUT2D eigenvalue weighted by Crippen LogP contribution is 2.14. The summed E-state index contributed by atoms with van der Waals surface area (Å²) in [6.07, 6.45) is 1.44. The molecule has 0 aliphatic carbocycles. The topological polar surface area (TPSA) is 85.4 Å². The van der Waals surface area contributed by atoms with Crippen molar-refractivity contribution in [3.05, 3.63) is 62.0 Å². The van der Waals surface area contributed by atoms with Crippen molar-refractivity contribution >= 4 is 28.7 Å². The molecule has 1 aliphatic heterocycles. The molecule has 1 aromatic carbocycles. The number of nitrogens with zero attached hydrogens (tertiary/aromatic N) is 6. The van der Waals surface area contributed by atoms with E-state index in [0.717, 1.165) is 34.8 Å². The Hall–Kier alpha value is -2.91. The Bertz CT molecular complexity index is 1220. The van der Waals surface area contributed by atoms with E-state index < -0.39 is 11.2 Å². The van der Waals surface area contributed by atoms with Crippen molar-refractivity contribution in [2.45, 2.75) is 13.1 Å². The Morgan fingerprint density at radius 3 is 2.53 bits per heavy atom. The van der Waals surface area contributed by atoms with Gasteiger partial charge in [0.05, 0.1) is 6.33 Å². The van der Waals surface area contributed by atoms with Crippen molar-refractivity contribution in [2.24, 2.45) is 14.1 Å². The standard InChI is InChI=1S/C20H23ClN6O3/c1-23-18-17(19(29)24(2)20(23)30)27(13-22-18)12-16(28)26-8-6-25(7-9-26)11-14-4-3-5-15(21)10-14/h3-5,10,13H,6-9,11-12H2,1-2H3. The second-order valence-corrected chi connectivity index (χ2v) is 7.97. The number of hydrogen-bond acceptors (Lipinski definition) is 5. The van der Waals surface area contributed by atoms with Gasteiger partial charge in [-0.25, -0.2) is 9.78 Å². The number of fused-ring (bicyclic) bond motifs is 1. The molecule has 1 amide bonds. The summed E-state index contributed by atoms with van der Waals surface area (Å²) in [5, 5.41) is 0.720. The predicted octanol–water partition coefficient (Wildman–Crippen LogP) is 0.431. The summed E-state index contributed by atoms with van der Waals surface area (Å²) in [5.41, 5.74) is 0.785. The number of carbonyl (C=O) groups excluding carboxylic acids is 1. The second-order valence-electron chi connectivity index (χ2n) is 7.54. The van der Waals surface area contributed by atoms with Crippen molar-refractivity contribution in [3.63, 3.8) is 0 Å². The van der Waals surface area contributed by atoms with Gasteiger partial charge in [-0.3, -0.25) is 23.6 Å². The van der Waals surface area contributed by atoms with Crippen molar-refractivity contribution < 1.29 is 4.79 Å². The van der Waals surface area contributed by atoms with Crippen LogP contribution in [0.3, 0.4) is 0 Å². The Morgan fingerprint density at radius 1 is 1.10 bits per heavy atom. The lowest BCUT2D eigenvalue weighted by atomic mass is 10.2. The molecule has 0 unspecified atom stereocenters. The Morgan fingerprint density at radius 2 is 1.83 bits per heavy atom. The van der Waals surface area contributed by atoms with Gasteiger partial charge in [0.15, 0.2) is 11.2 Å². The van der Waals surface area contributed by atoms with Gasteiger partial charge in [-0.1, -0.05) is 23.7 Å². The molecule has 0 spiro atoms. The average molecular weight is 431 g/mol. The van der Waals surface area contributed by atoms with Crippen LogP contribution in [0.5, 0.6) is 0 Å². The molecule has 1 saturated heterocycles. The minimum Gasteiger partial charge on any atom is -0.339 e. The Labute approximate surface area is 177 Å². The molecule has 9 nitrogen and oxygen atoms in total. The number of imidazole rings is 1. The first-order valence-electron chi connectivity index (χ1n) is 9.70. The maximum absolute atomic E-state index is 12.8. The zero-order chi connectivity index (χ0) is 21.4. The van der Waals surface area contributed by atoms with E-state index in [-0.39, 0.29) is 23.6 Å². The lowest BCUT2D eigenvalue weighted by molar-refractivity contribution is -0.133. The summed E-state index contributed by atoms with van der Waals surface area (Å²) < 4.78 is 3.86. The molecular formula is C20H23ClN6O3. The number of hydrogen-bond donors (Lipinski definition) is 0. The number of rotatable bonds is 4. The molecule has 158 valence electrons. The van der Waals surface area contributed by atoms with Crippen molar-refractivity contribution in [3.8, 4) is 0 Å². The highest BCUT2D eigenvalue weighted by atomic mass is 35.5. The van der Waals surface area contributed by atoms with Gasteiger partial charge in [0.1, 0.15) is 6.54 Å². The van der Waals surface area contributed by atoms with E-state index in [4.69, 9.17) is 11.6 Å². The number of aromatic nitrogens is 4. The van der Waals surface area contributed by atoms with Gasteiger partial charge >= 0.3 is 5.69 Å². The summed E-state index contributed by atoms with van der Waals surface area (Å²) >= 11 is 6.05. The average Bonchev–Trinajstić information content (AvgIpc) is 3.15. The molecule has 30 heavy (non-hydrogen) atoms. The van der Waals surface area contributed by atoms with Crippen molar-refractivity contribution in [1.29, 1.82) is 0 Å². The van der Waals surface area contributed by atoms with E-state index in [1.807, 2.05) is 24.3 Å². The van der Waals surface area contributed by atoms with Gasteiger partial charge in [-0.05, 0) is 17.7 Å². The first-order valence-corrected chi connectivity index (χ1v) is 10.1. The summed E-state index contributed by atoms with van der Waals surface area (Å²) in [6, 6.07) is 7.79. The fourth-order valence-electron chi connectivity index (χ4n) is 3.81. The van der Waals surface area contributed by atoms with Gasteiger partial charge < -0.3 is 9.47 Å². The summed E-state index contributed by atoms with van der Waals surface area (Å²) in [4.78, 5) is 45.7. The fraction of sp³-hybridized carbons (Fsp3) is 0.400. The molecule has 4 rings (SSSR count). The van der Waals surface area contributed by atoms with Crippen LogP contribution in [0.1, 0.15) is 5.56 Å². The van der Waals surface area contributed by atoms with Crippen LogP contribution in [-0.2, 0) is 32.0 Å². The third kappa shape index (κ3) is 3.78. The molecule has 10 heteroatoms. The number of piperazine rings is 1. The van der Waals surface area contributed by atoms with Crippen LogP contribution in [-0.4, -0.2) is 60.6 Å². The number of halogens is 1. The van der Waals surface area contributed by atoms with Crippen LogP contribution in [0.25, 0.3) is 11.2 Å². The number of aryl methyl sites for hydroxylation is 1. The van der Waals surface area contributed by atoms with E-state index in [1.165, 1.54) is 22.5 Å². The normalized spacial score (nSPS) is 15.1. The fourth-order valence-corrected chi connectivity index (χ4v) is 4.02. The summed E-state index contributed by atoms with van der Waals surface area (Å²) in [5.74, 6) is -0.0763. The Kier molecular flexibility index (Phi) is 5.48. The maximum Gasteiger partial charge on any atom is 0.332 e. The minimum atomic E-state index is -0.454. The van der Waals surface area contributed by atoms with Crippen LogP contribution < -0.4 is 11.2 Å². The van der Waals surface area contributed by atoms with Crippen LogP contribution in [0.2, 0.25) is 5.02 Å². The van der Waals surface area contributed by atoms with Crippen LogP contribution >= 0.6 is 11.6 Å². The molecule has 0 atom stereocenters. The number of amides is 1. The zero-order valence-corrected chi connectivity index (χ0v) is 17.7. The van der Waals surface area contributed by atoms with Crippen LogP contribution in [0.15, 0.2) is 40.2 Å². The lowest BCUT2D eigenvalue weighted by Gasteiger charge is -2.34. The summed E-state index contributed by atoms with van der Waals surface area (Å²) in [6.45, 7) is 3.56. The molecule has 0 saturated carbocycles. The Balaban J connectivity index is 1.43. The first-order chi connectivity index (χ1) is 14.3. The molecule has 3 heterocycles. The minimum absolute atomic E-state index is 0.0121. The smallest absolute Gasteiger partial charge is 0.332 e. The van der Waals surface area contributed by atoms with Crippen molar-refractivity contribution in [1.82, 2.24) is 28.5 Å². The van der Waals surface area contributed by atoms with Gasteiger partial charge in [0, 0.05) is 51.8 Å². The molecule has 0 radical (unpaired) electrons. The third-order valence-corrected chi connectivity index (χ3v) is 5.78. The van der Waals surface area contributed by atoms with Gasteiger partial charge in [0.2, 0.25) is 5.91 Å². The van der Waals surface area contributed by atoms with Crippen molar-refractivity contribution in [2.75, 3.05) is 26.2 Å². The monoisotopic (exact) mass is 430 g/mol. The van der Waals surface area contributed by atoms with Gasteiger partial charge in [-0.15, -0.1) is 0 Å². The van der Waals surface area contributed by atoms with Gasteiger partial charge in [0.25, 0.3) is 5.56 Å². The van der Waals surface area contributed by atoms with Crippen LogP contribution in [0.4, 0.5) is 0 Å². The molecule has 2 aromatic heterocycles. The third-order valence-electron chi connectivity index (χ3n) is 5.54. The number of carbonyl (C=O) groups is 1. The van der Waals surface area contributed by atoms with E-state index in [2.05, 4.69) is 9.88 Å². The molecule has 3 aromatic rings. The summed E-state index contributed by atoms with van der Waals surface area (Å²) in [7, 11) is 2.98. The maximum atomic E-state index is 12.8. The van der Waals surface area contributed by atoms with E-state index in [1.54, 1.807) is 11.9 Å². The van der Waals surface area contributed by atoms with E-state index in [9.17, 15) is 14.4 Å². The molecule has 0 N–H and O–H groups in total. The molecule has 1 aliphatic rings. The first kappa shape index (κ1) is 20.4. The van der Waals surface area contributed by atoms with Gasteiger partial charge in [-0.2, -0.15) is 0 Å². The second kappa shape index (κ2) is 8.08. The molecule has 1 fully saturated rings. The lowest BCUT2D eigenvalue weighted by Crippen LogP contribution is -2.49. The quantitative estimate of drug-likeness (QED) is 0.599. The predicted molar refractivity (Wildman–Crippen MR) is 114 cm³/mol. The highest BCUT2D eigenvalue weighted by molar-refractivity contribution is 6.30. The molecule has 0 bridgehead atoms. The van der Waals surface area contributed by atoms with E-state index >= 15 is 0 Å². The van der Waals surface area contributed by atoms with E-state index in [0.29, 0.717) is 13.1 Å². The largest absolute Gasteiger partial charge is 0.339 e. The van der Waals surface area contributed by atoms with Crippen LogP contribution in [0, 0.1) is 0 Å². The SMILES string of the molecule is Cn1c(=O)c2c(ncn2CC(=O)N2CCN(Cc3cccc(Cl)c3)CC2)n(C)c1=O. The number of benzene rings is 1. The highest BCUT2D eigenvalue weighted by Gasteiger charge is 2.23. The zero-order valence-electron chi connectivity index (χ0n) is 16.9.